The number of rotatable bonds is 5. The van der Waals surface area contributed by atoms with Crippen LogP contribution in [0, 0.1) is 12.7 Å². The summed E-state index contributed by atoms with van der Waals surface area (Å²) in [4.78, 5) is 12.0. The average Bonchev–Trinajstić information content (AvgIpc) is 2.83. The summed E-state index contributed by atoms with van der Waals surface area (Å²) in [7, 11) is 0. The van der Waals surface area contributed by atoms with Gasteiger partial charge in [-0.05, 0) is 42.3 Å². The number of fused-ring (bicyclic) bond motifs is 1. The molecule has 0 radical (unpaired) electrons. The molecule has 7 heteroatoms. The molecule has 0 aromatic heterocycles. The second kappa shape index (κ2) is 8.64. The molecule has 3 rings (SSSR count). The number of hydrogen-bond donors (Lipinski definition) is 1. The number of aryl methyl sites for hydroxylation is 1. The highest BCUT2D eigenvalue weighted by Gasteiger charge is 2.16. The lowest BCUT2D eigenvalue weighted by Gasteiger charge is -2.11. The van der Waals surface area contributed by atoms with E-state index in [-0.39, 0.29) is 17.3 Å². The van der Waals surface area contributed by atoms with Crippen LogP contribution in [0.2, 0.25) is 5.02 Å². The van der Waals surface area contributed by atoms with Gasteiger partial charge >= 0.3 is 0 Å². The second-order valence-electron chi connectivity index (χ2n) is 5.98. The molecule has 1 aliphatic heterocycles. The van der Waals surface area contributed by atoms with Crippen LogP contribution in [0.3, 0.4) is 0 Å². The van der Waals surface area contributed by atoms with Crippen LogP contribution in [0.5, 0.6) is 11.5 Å². The van der Waals surface area contributed by atoms with Gasteiger partial charge in [-0.25, -0.2) is 4.39 Å². The van der Waals surface area contributed by atoms with Gasteiger partial charge < -0.3 is 14.8 Å². The molecule has 0 unspecified atom stereocenters. The van der Waals surface area contributed by atoms with Crippen LogP contribution < -0.4 is 14.8 Å². The predicted octanol–water partition coefficient (Wildman–Crippen LogP) is 4.82. The van der Waals surface area contributed by atoms with Crippen LogP contribution in [-0.4, -0.2) is 24.9 Å². The Morgan fingerprint density at radius 3 is 2.88 bits per heavy atom. The number of carbonyl (C=O) groups is 1. The van der Waals surface area contributed by atoms with Crippen molar-refractivity contribution in [3.8, 4) is 11.5 Å². The Kier molecular flexibility index (Phi) is 6.27. The topological polar surface area (TPSA) is 47.6 Å². The van der Waals surface area contributed by atoms with Crippen LogP contribution >= 0.6 is 23.4 Å². The van der Waals surface area contributed by atoms with E-state index in [1.165, 1.54) is 17.8 Å². The number of ether oxygens (including phenoxy) is 2. The van der Waals surface area contributed by atoms with E-state index >= 15 is 0 Å². The van der Waals surface area contributed by atoms with E-state index in [9.17, 15) is 9.18 Å². The van der Waals surface area contributed by atoms with E-state index in [2.05, 4.69) is 5.32 Å². The van der Waals surface area contributed by atoms with Gasteiger partial charge in [-0.15, -0.1) is 11.8 Å². The van der Waals surface area contributed by atoms with Crippen molar-refractivity contribution in [1.29, 1.82) is 0 Å². The van der Waals surface area contributed by atoms with Crippen LogP contribution in [0.15, 0.2) is 30.3 Å². The smallest absolute Gasteiger partial charge is 0.234 e. The third kappa shape index (κ3) is 4.83. The minimum atomic E-state index is -0.432. The van der Waals surface area contributed by atoms with Crippen molar-refractivity contribution in [2.24, 2.45) is 0 Å². The third-order valence-corrected chi connectivity index (χ3v) is 5.05. The number of benzene rings is 2. The van der Waals surface area contributed by atoms with Crippen molar-refractivity contribution < 1.29 is 18.7 Å². The third-order valence-electron chi connectivity index (χ3n) is 3.76. The fourth-order valence-corrected chi connectivity index (χ4v) is 3.59. The van der Waals surface area contributed by atoms with Gasteiger partial charge in [-0.1, -0.05) is 17.7 Å². The molecular formula is C19H19ClFNO3S. The van der Waals surface area contributed by atoms with Gasteiger partial charge in [-0.3, -0.25) is 4.79 Å². The molecule has 0 aliphatic carbocycles. The minimum Gasteiger partial charge on any atom is -0.489 e. The fraction of sp³-hybridized carbons (Fsp3) is 0.316. The van der Waals surface area contributed by atoms with E-state index in [1.54, 1.807) is 19.1 Å². The number of nitrogens with one attached hydrogen (secondary N) is 1. The Morgan fingerprint density at radius 2 is 2.08 bits per heavy atom. The molecule has 1 heterocycles. The largest absolute Gasteiger partial charge is 0.489 e. The highest BCUT2D eigenvalue weighted by molar-refractivity contribution is 7.99. The Labute approximate surface area is 161 Å². The normalized spacial score (nSPS) is 13.2. The summed E-state index contributed by atoms with van der Waals surface area (Å²) in [6, 6.07) is 8.42. The van der Waals surface area contributed by atoms with Crippen molar-refractivity contribution in [2.75, 3.05) is 24.3 Å². The monoisotopic (exact) mass is 395 g/mol. The Bertz CT molecular complexity index is 816. The van der Waals surface area contributed by atoms with E-state index in [4.69, 9.17) is 21.1 Å². The molecule has 1 N–H and O–H groups in total. The molecule has 0 spiro atoms. The summed E-state index contributed by atoms with van der Waals surface area (Å²) in [6.07, 6.45) is 0.810. The minimum absolute atomic E-state index is 0.194. The number of anilines is 1. The molecular weight excluding hydrogens is 377 g/mol. The van der Waals surface area contributed by atoms with E-state index in [0.29, 0.717) is 35.5 Å². The van der Waals surface area contributed by atoms with Crippen LogP contribution in [0.25, 0.3) is 0 Å². The first kappa shape index (κ1) is 18.9. The fourth-order valence-electron chi connectivity index (χ4n) is 2.54. The molecule has 4 nitrogen and oxygen atoms in total. The molecule has 0 saturated heterocycles. The van der Waals surface area contributed by atoms with Crippen LogP contribution in [-0.2, 0) is 10.5 Å². The Balaban J connectivity index is 1.55. The highest BCUT2D eigenvalue weighted by atomic mass is 35.5. The molecule has 1 amide bonds. The van der Waals surface area contributed by atoms with Gasteiger partial charge in [0.05, 0.1) is 29.7 Å². The van der Waals surface area contributed by atoms with Crippen molar-refractivity contribution >= 4 is 35.0 Å². The van der Waals surface area contributed by atoms with Gasteiger partial charge in [0, 0.05) is 12.2 Å². The molecule has 0 fully saturated rings. The first-order valence-corrected chi connectivity index (χ1v) is 9.78. The van der Waals surface area contributed by atoms with Gasteiger partial charge in [0.1, 0.15) is 5.82 Å². The molecule has 2 aromatic carbocycles. The lowest BCUT2D eigenvalue weighted by atomic mass is 10.2. The zero-order valence-electron chi connectivity index (χ0n) is 14.3. The summed E-state index contributed by atoms with van der Waals surface area (Å²) in [5.74, 6) is 1.32. The summed E-state index contributed by atoms with van der Waals surface area (Å²) in [5, 5.41) is 3.09. The molecule has 2 aromatic rings. The van der Waals surface area contributed by atoms with Gasteiger partial charge in [0.15, 0.2) is 11.5 Å². The zero-order chi connectivity index (χ0) is 18.5. The SMILES string of the molecule is Cc1ccc(NC(=O)CSCc2cc(Cl)c3c(c2)OCCCO3)c(F)c1. The number of hydrogen-bond acceptors (Lipinski definition) is 4. The first-order chi connectivity index (χ1) is 12.5. The highest BCUT2D eigenvalue weighted by Crippen LogP contribution is 2.38. The van der Waals surface area contributed by atoms with Crippen LogP contribution in [0.4, 0.5) is 10.1 Å². The van der Waals surface area contributed by atoms with Gasteiger partial charge in [-0.2, -0.15) is 0 Å². The first-order valence-electron chi connectivity index (χ1n) is 8.24. The lowest BCUT2D eigenvalue weighted by molar-refractivity contribution is -0.113. The second-order valence-corrected chi connectivity index (χ2v) is 7.37. The maximum absolute atomic E-state index is 13.8. The van der Waals surface area contributed by atoms with Crippen molar-refractivity contribution in [3.05, 3.63) is 52.3 Å². The van der Waals surface area contributed by atoms with E-state index < -0.39 is 5.82 Å². The van der Waals surface area contributed by atoms with Gasteiger partial charge in [0.2, 0.25) is 5.91 Å². The Hall–Kier alpha value is -1.92. The summed E-state index contributed by atoms with van der Waals surface area (Å²) in [6.45, 7) is 2.96. The summed E-state index contributed by atoms with van der Waals surface area (Å²) in [5.41, 5.74) is 1.94. The lowest BCUT2D eigenvalue weighted by Crippen LogP contribution is -2.15. The molecule has 1 aliphatic rings. The number of halogens is 2. The van der Waals surface area contributed by atoms with Gasteiger partial charge in [0.25, 0.3) is 0 Å². The quantitative estimate of drug-likeness (QED) is 0.788. The van der Waals surface area contributed by atoms with Crippen molar-refractivity contribution in [3.63, 3.8) is 0 Å². The van der Waals surface area contributed by atoms with E-state index in [0.717, 1.165) is 17.5 Å². The van der Waals surface area contributed by atoms with Crippen molar-refractivity contribution in [1.82, 2.24) is 0 Å². The zero-order valence-corrected chi connectivity index (χ0v) is 15.9. The molecule has 138 valence electrons. The van der Waals surface area contributed by atoms with Crippen LogP contribution in [0.1, 0.15) is 17.5 Å². The summed E-state index contributed by atoms with van der Waals surface area (Å²) >= 11 is 7.68. The number of amides is 1. The predicted molar refractivity (Wildman–Crippen MR) is 103 cm³/mol. The van der Waals surface area contributed by atoms with Crippen molar-refractivity contribution in [2.45, 2.75) is 19.1 Å². The van der Waals surface area contributed by atoms with E-state index in [1.807, 2.05) is 12.1 Å². The summed E-state index contributed by atoms with van der Waals surface area (Å²) < 4.78 is 25.0. The molecule has 0 atom stereocenters. The molecule has 0 bridgehead atoms. The Morgan fingerprint density at radius 1 is 1.27 bits per heavy atom. The standard InChI is InChI=1S/C19H19ClFNO3S/c1-12-3-4-16(15(21)7-12)22-18(23)11-26-10-13-8-14(20)19-17(9-13)24-5-2-6-25-19/h3-4,7-9H,2,5-6,10-11H2,1H3,(H,22,23). The number of thioether (sulfide) groups is 1. The maximum Gasteiger partial charge on any atom is 0.234 e. The molecule has 26 heavy (non-hydrogen) atoms. The molecule has 0 saturated carbocycles. The number of carbonyl (C=O) groups excluding carboxylic acids is 1. The maximum atomic E-state index is 13.8. The average molecular weight is 396 g/mol.